The third-order valence-corrected chi connectivity index (χ3v) is 5.36. The topological polar surface area (TPSA) is 88.5 Å². The van der Waals surface area contributed by atoms with E-state index in [-0.39, 0.29) is 5.91 Å². The van der Waals surface area contributed by atoms with Crippen LogP contribution in [0.25, 0.3) is 0 Å². The molecule has 2 rings (SSSR count). The third-order valence-electron chi connectivity index (χ3n) is 3.92. The minimum Gasteiger partial charge on any atom is -0.465 e. The van der Waals surface area contributed by atoms with Gasteiger partial charge >= 0.3 is 5.97 Å². The van der Waals surface area contributed by atoms with Crippen LogP contribution in [0.5, 0.6) is 0 Å². The number of carbonyl (C=O) groups excluding carboxylic acids is 2. The first-order chi connectivity index (χ1) is 12.6. The molecule has 0 bridgehead atoms. The summed E-state index contributed by atoms with van der Waals surface area (Å²) >= 11 is 6.52. The molecule has 0 spiro atoms. The van der Waals surface area contributed by atoms with E-state index in [4.69, 9.17) is 17.0 Å². The van der Waals surface area contributed by atoms with Gasteiger partial charge in [0.1, 0.15) is 5.00 Å². The average Bonchev–Trinajstić information content (AvgIpc) is 3.10. The van der Waals surface area contributed by atoms with Crippen molar-refractivity contribution >= 4 is 45.5 Å². The fourth-order valence-corrected chi connectivity index (χ4v) is 3.96. The van der Waals surface area contributed by atoms with Gasteiger partial charge in [-0.05, 0) is 31.6 Å². The Bertz CT molecular complexity index is 886. The number of methoxy groups -OCH3 is 1. The molecule has 146 valence electrons. The van der Waals surface area contributed by atoms with Crippen LogP contribution < -0.4 is 10.6 Å². The van der Waals surface area contributed by atoms with Gasteiger partial charge in [-0.3, -0.25) is 9.48 Å². The van der Waals surface area contributed by atoms with Crippen molar-refractivity contribution in [2.45, 2.75) is 20.4 Å². The Kier molecular flexibility index (Phi) is 6.55. The Labute approximate surface area is 167 Å². The van der Waals surface area contributed by atoms with Crippen LogP contribution in [0.1, 0.15) is 36.9 Å². The van der Waals surface area contributed by atoms with E-state index < -0.39 is 5.97 Å². The third kappa shape index (κ3) is 4.64. The lowest BCUT2D eigenvalue weighted by Gasteiger charge is -2.10. The largest absolute Gasteiger partial charge is 0.465 e. The fourth-order valence-electron chi connectivity index (χ4n) is 2.50. The Morgan fingerprint density at radius 2 is 2.04 bits per heavy atom. The van der Waals surface area contributed by atoms with E-state index >= 15 is 0 Å². The molecule has 0 saturated carbocycles. The molecule has 1 amide bonds. The molecule has 0 atom stereocenters. The van der Waals surface area contributed by atoms with Crippen molar-refractivity contribution in [2.24, 2.45) is 7.05 Å². The Morgan fingerprint density at radius 3 is 2.56 bits per heavy atom. The number of hydrogen-bond acceptors (Lipinski definition) is 6. The number of thiophene rings is 1. The van der Waals surface area contributed by atoms with Gasteiger partial charge in [0.25, 0.3) is 5.91 Å². The molecule has 2 heterocycles. The van der Waals surface area contributed by atoms with Crippen LogP contribution >= 0.6 is 23.6 Å². The fraction of sp³-hybridized carbons (Fsp3) is 0.412. The summed E-state index contributed by atoms with van der Waals surface area (Å²) in [6.45, 7) is 4.14. The Hall–Kier alpha value is -2.46. The molecule has 10 heteroatoms. The molecule has 2 N–H and O–H groups in total. The van der Waals surface area contributed by atoms with Crippen LogP contribution in [0.15, 0.2) is 6.20 Å². The lowest BCUT2D eigenvalue weighted by Crippen LogP contribution is -2.28. The molecule has 8 nitrogen and oxygen atoms in total. The first-order valence-corrected chi connectivity index (χ1v) is 9.35. The minimum atomic E-state index is -0.519. The van der Waals surface area contributed by atoms with Crippen molar-refractivity contribution < 1.29 is 14.3 Å². The van der Waals surface area contributed by atoms with Crippen molar-refractivity contribution in [2.75, 3.05) is 26.5 Å². The summed E-state index contributed by atoms with van der Waals surface area (Å²) in [4.78, 5) is 26.5. The number of amides is 1. The Morgan fingerprint density at radius 1 is 1.37 bits per heavy atom. The Balaban J connectivity index is 2.22. The smallest absolute Gasteiger partial charge is 0.341 e. The van der Waals surface area contributed by atoms with E-state index in [1.807, 2.05) is 20.2 Å². The summed E-state index contributed by atoms with van der Waals surface area (Å²) in [5.41, 5.74) is 2.81. The van der Waals surface area contributed by atoms with Crippen LogP contribution in [0.4, 0.5) is 5.00 Å². The van der Waals surface area contributed by atoms with Crippen molar-refractivity contribution in [1.29, 1.82) is 0 Å². The number of ether oxygens (including phenoxy) is 1. The van der Waals surface area contributed by atoms with Crippen molar-refractivity contribution in [1.82, 2.24) is 20.0 Å². The van der Waals surface area contributed by atoms with E-state index in [9.17, 15) is 9.59 Å². The summed E-state index contributed by atoms with van der Waals surface area (Å²) in [5, 5.41) is 11.2. The first kappa shape index (κ1) is 20.8. The summed E-state index contributed by atoms with van der Waals surface area (Å²) < 4.78 is 6.60. The summed E-state index contributed by atoms with van der Waals surface area (Å²) in [6.07, 6.45) is 1.91. The number of hydrogen-bond donors (Lipinski definition) is 2. The number of thiocarbonyl (C=S) groups is 1. The average molecular weight is 410 g/mol. The molecule has 0 aliphatic carbocycles. The van der Waals surface area contributed by atoms with Gasteiger partial charge in [0.15, 0.2) is 5.11 Å². The molecule has 0 fully saturated rings. The predicted molar refractivity (Wildman–Crippen MR) is 109 cm³/mol. The molecule has 0 saturated heterocycles. The van der Waals surface area contributed by atoms with E-state index in [0.29, 0.717) is 32.7 Å². The minimum absolute atomic E-state index is 0.180. The molecule has 0 aromatic carbocycles. The number of nitrogens with zero attached hydrogens (tertiary/aromatic N) is 3. The van der Waals surface area contributed by atoms with Gasteiger partial charge in [-0.25, -0.2) is 4.79 Å². The second-order valence-electron chi connectivity index (χ2n) is 6.17. The monoisotopic (exact) mass is 409 g/mol. The van der Waals surface area contributed by atoms with Crippen molar-refractivity contribution in [3.8, 4) is 0 Å². The zero-order valence-electron chi connectivity index (χ0n) is 16.2. The van der Waals surface area contributed by atoms with E-state index in [2.05, 4.69) is 15.7 Å². The van der Waals surface area contributed by atoms with Gasteiger partial charge in [0.2, 0.25) is 0 Å². The second-order valence-corrected chi connectivity index (χ2v) is 7.60. The van der Waals surface area contributed by atoms with Gasteiger partial charge in [-0.1, -0.05) is 0 Å². The lowest BCUT2D eigenvalue weighted by atomic mass is 10.1. The first-order valence-electron chi connectivity index (χ1n) is 8.13. The molecule has 27 heavy (non-hydrogen) atoms. The van der Waals surface area contributed by atoms with Crippen molar-refractivity contribution in [3.63, 3.8) is 0 Å². The summed E-state index contributed by atoms with van der Waals surface area (Å²) in [6, 6.07) is 0. The highest BCUT2D eigenvalue weighted by molar-refractivity contribution is 7.80. The van der Waals surface area contributed by atoms with Gasteiger partial charge in [0, 0.05) is 39.4 Å². The second kappa shape index (κ2) is 8.49. The maximum atomic E-state index is 12.4. The maximum Gasteiger partial charge on any atom is 0.341 e. The number of anilines is 1. The van der Waals surface area contributed by atoms with Gasteiger partial charge < -0.3 is 20.3 Å². The summed E-state index contributed by atoms with van der Waals surface area (Å²) in [7, 11) is 6.48. The molecule has 0 aliphatic heterocycles. The molecule has 0 aliphatic rings. The van der Waals surface area contributed by atoms with Crippen molar-refractivity contribution in [3.05, 3.63) is 33.5 Å². The summed E-state index contributed by atoms with van der Waals surface area (Å²) in [5.74, 6) is -0.699. The number of aryl methyl sites for hydroxylation is 2. The van der Waals surface area contributed by atoms with Gasteiger partial charge in [-0.2, -0.15) is 5.10 Å². The van der Waals surface area contributed by atoms with E-state index in [1.54, 1.807) is 25.7 Å². The standard InChI is InChI=1S/C17H23N5O3S2/c1-9-12(16(24)25-6)14(27-13(9)15(23)21(3)4)19-17(26)18-7-11-8-22(5)20-10(11)2/h8H,7H2,1-6H3,(H2,18,19,26). The quantitative estimate of drug-likeness (QED) is 0.577. The van der Waals surface area contributed by atoms with Crippen LogP contribution in [-0.2, 0) is 18.3 Å². The zero-order chi connectivity index (χ0) is 20.3. The highest BCUT2D eigenvalue weighted by Crippen LogP contribution is 2.34. The normalized spacial score (nSPS) is 10.4. The van der Waals surface area contributed by atoms with Crippen LogP contribution in [0.3, 0.4) is 0 Å². The highest BCUT2D eigenvalue weighted by atomic mass is 32.1. The molecular formula is C17H23N5O3S2. The van der Waals surface area contributed by atoms with Crippen LogP contribution in [0.2, 0.25) is 0 Å². The number of aromatic nitrogens is 2. The van der Waals surface area contributed by atoms with E-state index in [0.717, 1.165) is 11.3 Å². The van der Waals surface area contributed by atoms with Crippen LogP contribution in [0, 0.1) is 13.8 Å². The molecular weight excluding hydrogens is 386 g/mol. The SMILES string of the molecule is COC(=O)c1c(NC(=S)NCc2cn(C)nc2C)sc(C(=O)N(C)C)c1C. The number of rotatable bonds is 5. The molecule has 2 aromatic rings. The van der Waals surface area contributed by atoms with E-state index in [1.165, 1.54) is 23.3 Å². The van der Waals surface area contributed by atoms with Gasteiger partial charge in [-0.15, -0.1) is 11.3 Å². The molecule has 2 aromatic heterocycles. The zero-order valence-corrected chi connectivity index (χ0v) is 17.8. The maximum absolute atomic E-state index is 12.4. The van der Waals surface area contributed by atoms with Crippen LogP contribution in [-0.4, -0.2) is 52.9 Å². The lowest BCUT2D eigenvalue weighted by molar-refractivity contribution is 0.0601. The number of esters is 1. The number of nitrogens with one attached hydrogen (secondary N) is 2. The predicted octanol–water partition coefficient (Wildman–Crippen LogP) is 2.07. The van der Waals surface area contributed by atoms with Gasteiger partial charge in [0.05, 0.1) is 23.2 Å². The highest BCUT2D eigenvalue weighted by Gasteiger charge is 2.26. The molecule has 0 radical (unpaired) electrons. The molecule has 0 unspecified atom stereocenters. The number of carbonyl (C=O) groups is 2.